The van der Waals surface area contributed by atoms with Gasteiger partial charge in [-0.25, -0.2) is 0 Å². The van der Waals surface area contributed by atoms with Crippen LogP contribution in [0.2, 0.25) is 0 Å². The molecule has 0 unspecified atom stereocenters. The summed E-state index contributed by atoms with van der Waals surface area (Å²) in [5, 5.41) is 5.32. The van der Waals surface area contributed by atoms with E-state index >= 15 is 0 Å². The number of benzene rings is 1. The zero-order chi connectivity index (χ0) is 11.0. The van der Waals surface area contributed by atoms with E-state index in [1.165, 1.54) is 0 Å². The fourth-order valence-corrected chi connectivity index (χ4v) is 1.74. The summed E-state index contributed by atoms with van der Waals surface area (Å²) < 4.78 is 10.5. The molecule has 5 nitrogen and oxygen atoms in total. The first-order valence-electron chi connectivity index (χ1n) is 4.96. The minimum Gasteiger partial charge on any atom is -0.454 e. The Bertz CT molecular complexity index is 571. The number of fused-ring (bicyclic) bond motifs is 1. The maximum Gasteiger partial charge on any atom is 0.264 e. The van der Waals surface area contributed by atoms with Crippen LogP contribution in [0.15, 0.2) is 29.1 Å². The second kappa shape index (κ2) is 3.44. The van der Waals surface area contributed by atoms with Gasteiger partial charge >= 0.3 is 0 Å². The quantitative estimate of drug-likeness (QED) is 0.790. The average molecular weight is 218 g/mol. The fraction of sp³-hybridized carbons (Fsp3) is 0.182. The van der Waals surface area contributed by atoms with Crippen molar-refractivity contribution in [1.29, 1.82) is 0 Å². The summed E-state index contributed by atoms with van der Waals surface area (Å²) in [7, 11) is 0. The lowest BCUT2D eigenvalue weighted by Gasteiger charge is -2.00. The molecule has 0 radical (unpaired) electrons. The molecule has 0 amide bonds. The van der Waals surface area contributed by atoms with E-state index in [1.807, 2.05) is 18.2 Å². The zero-order valence-corrected chi connectivity index (χ0v) is 8.45. The summed E-state index contributed by atoms with van der Waals surface area (Å²) in [4.78, 5) is 10.9. The van der Waals surface area contributed by atoms with E-state index in [2.05, 4.69) is 10.2 Å². The fourth-order valence-electron chi connectivity index (χ4n) is 1.74. The van der Waals surface area contributed by atoms with Crippen LogP contribution >= 0.6 is 0 Å². The zero-order valence-electron chi connectivity index (χ0n) is 8.45. The Hall–Kier alpha value is -2.17. The molecular weight excluding hydrogens is 208 g/mol. The molecule has 2 heterocycles. The minimum atomic E-state index is -0.115. The van der Waals surface area contributed by atoms with Crippen LogP contribution in [0.25, 0.3) is 0 Å². The third-order valence-electron chi connectivity index (χ3n) is 2.48. The highest BCUT2D eigenvalue weighted by molar-refractivity contribution is 5.45. The Kier molecular flexibility index (Phi) is 1.96. The molecule has 0 bridgehead atoms. The van der Waals surface area contributed by atoms with Crippen LogP contribution in [-0.4, -0.2) is 17.0 Å². The van der Waals surface area contributed by atoms with Crippen molar-refractivity contribution in [3.8, 4) is 11.5 Å². The largest absolute Gasteiger partial charge is 0.454 e. The third-order valence-corrected chi connectivity index (χ3v) is 2.48. The number of nitrogens with one attached hydrogen (secondary N) is 2. The summed E-state index contributed by atoms with van der Waals surface area (Å²) in [6.07, 6.45) is 0.662. The van der Waals surface area contributed by atoms with Crippen molar-refractivity contribution < 1.29 is 9.47 Å². The SMILES string of the molecule is O=c1cc(Cc2ccc3c(c2)OCO3)[nH][nH]1. The second-order valence-electron chi connectivity index (χ2n) is 3.65. The van der Waals surface area contributed by atoms with Crippen molar-refractivity contribution in [2.24, 2.45) is 0 Å². The van der Waals surface area contributed by atoms with Crippen molar-refractivity contribution in [2.45, 2.75) is 6.42 Å². The monoisotopic (exact) mass is 218 g/mol. The molecule has 0 fully saturated rings. The van der Waals surface area contributed by atoms with Gasteiger partial charge in [-0.15, -0.1) is 0 Å². The van der Waals surface area contributed by atoms with Crippen LogP contribution in [-0.2, 0) is 6.42 Å². The van der Waals surface area contributed by atoms with Crippen LogP contribution in [0.1, 0.15) is 11.3 Å². The number of hydrogen-bond donors (Lipinski definition) is 2. The van der Waals surface area contributed by atoms with Crippen molar-refractivity contribution in [3.05, 3.63) is 45.9 Å². The summed E-state index contributed by atoms with van der Waals surface area (Å²) in [5.74, 6) is 1.53. The summed E-state index contributed by atoms with van der Waals surface area (Å²) >= 11 is 0. The number of aromatic amines is 2. The second-order valence-corrected chi connectivity index (χ2v) is 3.65. The standard InChI is InChI=1S/C11H10N2O3/c14-11-5-8(12-13-11)3-7-1-2-9-10(4-7)16-6-15-9/h1-2,4-5H,3,6H2,(H2,12,13,14). The highest BCUT2D eigenvalue weighted by atomic mass is 16.7. The van der Waals surface area contributed by atoms with Crippen LogP contribution in [0.5, 0.6) is 11.5 Å². The number of aromatic nitrogens is 2. The lowest BCUT2D eigenvalue weighted by molar-refractivity contribution is 0.174. The normalized spacial score (nSPS) is 13.0. The maximum atomic E-state index is 10.9. The topological polar surface area (TPSA) is 67.1 Å². The van der Waals surface area contributed by atoms with E-state index in [-0.39, 0.29) is 12.4 Å². The number of rotatable bonds is 2. The molecule has 2 aromatic rings. The van der Waals surface area contributed by atoms with Gasteiger partial charge in [-0.1, -0.05) is 6.07 Å². The molecule has 0 atom stereocenters. The molecule has 0 saturated heterocycles. The van der Waals surface area contributed by atoms with Gasteiger partial charge in [0.1, 0.15) is 0 Å². The summed E-state index contributed by atoms with van der Waals surface area (Å²) in [6.45, 7) is 0.278. The molecule has 5 heteroatoms. The Balaban J connectivity index is 1.88. The van der Waals surface area contributed by atoms with Crippen molar-refractivity contribution in [3.63, 3.8) is 0 Å². The Morgan fingerprint density at radius 2 is 2.00 bits per heavy atom. The van der Waals surface area contributed by atoms with E-state index in [9.17, 15) is 4.79 Å². The van der Waals surface area contributed by atoms with Crippen LogP contribution in [0.3, 0.4) is 0 Å². The van der Waals surface area contributed by atoms with Gasteiger partial charge in [-0.3, -0.25) is 9.89 Å². The van der Waals surface area contributed by atoms with E-state index in [0.29, 0.717) is 6.42 Å². The van der Waals surface area contributed by atoms with Crippen LogP contribution < -0.4 is 15.0 Å². The molecule has 82 valence electrons. The van der Waals surface area contributed by atoms with Gasteiger partial charge < -0.3 is 14.6 Å². The summed E-state index contributed by atoms with van der Waals surface area (Å²) in [6, 6.07) is 7.31. The molecule has 1 aliphatic rings. The molecular formula is C11H10N2O3. The first kappa shape index (κ1) is 9.08. The van der Waals surface area contributed by atoms with E-state index in [0.717, 1.165) is 22.8 Å². The van der Waals surface area contributed by atoms with Gasteiger partial charge in [0.15, 0.2) is 11.5 Å². The Morgan fingerprint density at radius 1 is 1.12 bits per heavy atom. The highest BCUT2D eigenvalue weighted by Crippen LogP contribution is 2.32. The third kappa shape index (κ3) is 1.56. The van der Waals surface area contributed by atoms with E-state index < -0.39 is 0 Å². The van der Waals surface area contributed by atoms with Crippen LogP contribution in [0, 0.1) is 0 Å². The molecule has 2 N–H and O–H groups in total. The minimum absolute atomic E-state index is 0.115. The molecule has 0 aliphatic carbocycles. The van der Waals surface area contributed by atoms with Crippen molar-refractivity contribution in [2.75, 3.05) is 6.79 Å². The molecule has 1 aromatic carbocycles. The molecule has 0 spiro atoms. The maximum absolute atomic E-state index is 10.9. The van der Waals surface area contributed by atoms with Crippen molar-refractivity contribution in [1.82, 2.24) is 10.2 Å². The lowest BCUT2D eigenvalue weighted by Crippen LogP contribution is -1.94. The van der Waals surface area contributed by atoms with Gasteiger partial charge in [-0.05, 0) is 17.7 Å². The average Bonchev–Trinajstić information content (AvgIpc) is 2.87. The van der Waals surface area contributed by atoms with E-state index in [4.69, 9.17) is 9.47 Å². The summed E-state index contributed by atoms with van der Waals surface area (Å²) in [5.41, 5.74) is 1.80. The smallest absolute Gasteiger partial charge is 0.264 e. The number of hydrogen-bond acceptors (Lipinski definition) is 3. The molecule has 1 aliphatic heterocycles. The molecule has 3 rings (SSSR count). The van der Waals surface area contributed by atoms with Gasteiger partial charge in [0, 0.05) is 18.2 Å². The number of H-pyrrole nitrogens is 2. The van der Waals surface area contributed by atoms with Crippen molar-refractivity contribution >= 4 is 0 Å². The lowest BCUT2D eigenvalue weighted by atomic mass is 10.1. The van der Waals surface area contributed by atoms with Gasteiger partial charge in [0.05, 0.1) is 0 Å². The Morgan fingerprint density at radius 3 is 2.81 bits per heavy atom. The molecule has 0 saturated carbocycles. The predicted octanol–water partition coefficient (Wildman–Crippen LogP) is 1.02. The van der Waals surface area contributed by atoms with E-state index in [1.54, 1.807) is 6.07 Å². The van der Waals surface area contributed by atoms with Gasteiger partial charge in [0.25, 0.3) is 5.56 Å². The molecule has 16 heavy (non-hydrogen) atoms. The highest BCUT2D eigenvalue weighted by Gasteiger charge is 2.13. The van der Waals surface area contributed by atoms with Gasteiger partial charge in [-0.2, -0.15) is 0 Å². The Labute approximate surface area is 91.0 Å². The number of ether oxygens (including phenoxy) is 2. The first-order chi connectivity index (χ1) is 7.81. The predicted molar refractivity (Wildman–Crippen MR) is 56.8 cm³/mol. The molecule has 1 aromatic heterocycles. The van der Waals surface area contributed by atoms with Gasteiger partial charge in [0.2, 0.25) is 6.79 Å². The van der Waals surface area contributed by atoms with Crippen LogP contribution in [0.4, 0.5) is 0 Å². The first-order valence-corrected chi connectivity index (χ1v) is 4.96.